The zero-order valence-electron chi connectivity index (χ0n) is 26.0. The maximum atomic E-state index is 6.74. The molecular formula is C38H39N3O2. The molecule has 4 heterocycles. The van der Waals surface area contributed by atoms with Crippen molar-refractivity contribution in [2.75, 3.05) is 0 Å². The van der Waals surface area contributed by atoms with Gasteiger partial charge in [-0.3, -0.25) is 4.57 Å². The van der Waals surface area contributed by atoms with Crippen LogP contribution in [0, 0.1) is 13.8 Å². The molecule has 5 nitrogen and oxygen atoms in total. The predicted molar refractivity (Wildman–Crippen MR) is 174 cm³/mol. The maximum absolute atomic E-state index is 6.74. The summed E-state index contributed by atoms with van der Waals surface area (Å²) in [4.78, 5) is 10.1. The van der Waals surface area contributed by atoms with Gasteiger partial charge in [-0.25, -0.2) is 9.98 Å². The third-order valence-corrected chi connectivity index (χ3v) is 10.6. The van der Waals surface area contributed by atoms with Crippen LogP contribution in [0.4, 0.5) is 0 Å². The fourth-order valence-corrected chi connectivity index (χ4v) is 7.87. The van der Waals surface area contributed by atoms with E-state index in [1.165, 1.54) is 46.7 Å². The molecule has 3 aliphatic rings. The first-order chi connectivity index (χ1) is 20.6. The van der Waals surface area contributed by atoms with Gasteiger partial charge in [-0.05, 0) is 106 Å². The summed E-state index contributed by atoms with van der Waals surface area (Å²) in [7, 11) is 0. The van der Waals surface area contributed by atoms with Crippen LogP contribution < -0.4 is 4.74 Å². The molecule has 1 fully saturated rings. The number of pyridine rings is 1. The summed E-state index contributed by atoms with van der Waals surface area (Å²) >= 11 is 0. The number of hydrogen-bond acceptors (Lipinski definition) is 4. The molecule has 5 heteroatoms. The average molecular weight is 570 g/mol. The highest BCUT2D eigenvalue weighted by molar-refractivity contribution is 6.10. The number of nitrogens with zero attached hydrogens (tertiary/aromatic N) is 3. The van der Waals surface area contributed by atoms with Crippen molar-refractivity contribution in [3.05, 3.63) is 94.7 Å². The number of ether oxygens (including phenoxy) is 2. The molecule has 1 aliphatic carbocycles. The van der Waals surface area contributed by atoms with Crippen LogP contribution in [-0.2, 0) is 10.2 Å². The number of rotatable bonds is 3. The highest BCUT2D eigenvalue weighted by atomic mass is 16.5. The highest BCUT2D eigenvalue weighted by Crippen LogP contribution is 2.49. The summed E-state index contributed by atoms with van der Waals surface area (Å²) in [5, 5.41) is 2.41. The Kier molecular flexibility index (Phi) is 5.52. The SMILES string of the molecule is Cc1cc(Oc2cc3c(cc2C)C(C)(C)c2cccc4c5cccnc5n-3c24)cc(C2=N[C@]3(C)CCCCC[C@]3(C)O2)c1. The van der Waals surface area contributed by atoms with Crippen LogP contribution in [0.2, 0.25) is 0 Å². The standard InChI is InChI=1S/C38H39N3O2/c1-23-18-25(35-40-37(5)15-8-7-9-16-38(37,6)43-35)21-26(19-23)42-32-22-31-30(20-24(32)2)36(3,4)29-14-10-12-27-28-13-11-17-39-34(28)41(31)33(27)29/h10-14,17-22H,7-9,15-16H2,1-6H3/t37-,38+/m1/s1. The second kappa shape index (κ2) is 8.95. The predicted octanol–water partition coefficient (Wildman–Crippen LogP) is 9.49. The Morgan fingerprint density at radius 3 is 2.51 bits per heavy atom. The molecule has 0 bridgehead atoms. The number of benzene rings is 3. The van der Waals surface area contributed by atoms with E-state index in [0.29, 0.717) is 0 Å². The van der Waals surface area contributed by atoms with E-state index >= 15 is 0 Å². The largest absolute Gasteiger partial charge is 0.469 e. The van der Waals surface area contributed by atoms with Gasteiger partial charge in [-0.2, -0.15) is 0 Å². The summed E-state index contributed by atoms with van der Waals surface area (Å²) in [5.41, 5.74) is 8.52. The second-order valence-electron chi connectivity index (χ2n) is 13.9. The monoisotopic (exact) mass is 569 g/mol. The Morgan fingerprint density at radius 2 is 1.65 bits per heavy atom. The molecule has 2 aromatic heterocycles. The zero-order valence-corrected chi connectivity index (χ0v) is 26.0. The Hall–Kier alpha value is -4.12. The number of para-hydroxylation sites is 1. The lowest BCUT2D eigenvalue weighted by Gasteiger charge is -2.36. The molecule has 43 heavy (non-hydrogen) atoms. The Balaban J connectivity index is 1.24. The molecule has 1 saturated carbocycles. The van der Waals surface area contributed by atoms with Crippen LogP contribution in [0.1, 0.15) is 87.6 Å². The van der Waals surface area contributed by atoms with Gasteiger partial charge in [0, 0.05) is 34.0 Å². The number of aliphatic imine (C=N–C) groups is 1. The maximum Gasteiger partial charge on any atom is 0.217 e. The summed E-state index contributed by atoms with van der Waals surface area (Å²) in [6.07, 6.45) is 7.63. The van der Waals surface area contributed by atoms with Crippen molar-refractivity contribution in [1.29, 1.82) is 0 Å². The third-order valence-electron chi connectivity index (χ3n) is 10.6. The highest BCUT2D eigenvalue weighted by Gasteiger charge is 2.52. The summed E-state index contributed by atoms with van der Waals surface area (Å²) in [5.74, 6) is 2.38. The summed E-state index contributed by atoms with van der Waals surface area (Å²) in [6.45, 7) is 13.4. The molecule has 5 aromatic rings. The molecule has 0 amide bonds. The van der Waals surface area contributed by atoms with E-state index in [2.05, 4.69) is 101 Å². The molecule has 0 unspecified atom stereocenters. The van der Waals surface area contributed by atoms with E-state index in [1.54, 1.807) is 0 Å². The fourth-order valence-electron chi connectivity index (χ4n) is 7.87. The van der Waals surface area contributed by atoms with Crippen LogP contribution in [0.15, 0.2) is 71.9 Å². The molecule has 2 atom stereocenters. The van der Waals surface area contributed by atoms with E-state index < -0.39 is 0 Å². The molecule has 0 spiro atoms. The molecule has 2 aliphatic heterocycles. The molecule has 8 rings (SSSR count). The van der Waals surface area contributed by atoms with Gasteiger partial charge in [-0.1, -0.05) is 44.9 Å². The molecular weight excluding hydrogens is 530 g/mol. The van der Waals surface area contributed by atoms with Crippen molar-refractivity contribution in [1.82, 2.24) is 9.55 Å². The van der Waals surface area contributed by atoms with E-state index in [9.17, 15) is 0 Å². The minimum absolute atomic E-state index is 0.168. The van der Waals surface area contributed by atoms with E-state index in [-0.39, 0.29) is 16.6 Å². The van der Waals surface area contributed by atoms with Gasteiger partial charge in [0.1, 0.15) is 28.3 Å². The van der Waals surface area contributed by atoms with Crippen molar-refractivity contribution in [3.63, 3.8) is 0 Å². The van der Waals surface area contributed by atoms with E-state index in [1.807, 2.05) is 12.3 Å². The van der Waals surface area contributed by atoms with Crippen LogP contribution in [0.3, 0.4) is 0 Å². The number of fused-ring (bicyclic) bond motifs is 6. The second-order valence-corrected chi connectivity index (χ2v) is 13.9. The first-order valence-corrected chi connectivity index (χ1v) is 15.7. The van der Waals surface area contributed by atoms with Crippen LogP contribution in [-0.4, -0.2) is 26.6 Å². The van der Waals surface area contributed by atoms with Crippen molar-refractivity contribution in [3.8, 4) is 17.2 Å². The molecule has 0 radical (unpaired) electrons. The lowest BCUT2D eigenvalue weighted by Crippen LogP contribution is -2.45. The van der Waals surface area contributed by atoms with Crippen molar-refractivity contribution >= 4 is 27.8 Å². The number of aryl methyl sites for hydroxylation is 2. The molecule has 0 saturated heterocycles. The van der Waals surface area contributed by atoms with Gasteiger partial charge in [0.05, 0.1) is 11.2 Å². The van der Waals surface area contributed by atoms with Crippen LogP contribution in [0.25, 0.3) is 27.6 Å². The van der Waals surface area contributed by atoms with Gasteiger partial charge in [0.2, 0.25) is 5.90 Å². The van der Waals surface area contributed by atoms with Gasteiger partial charge in [0.15, 0.2) is 0 Å². The van der Waals surface area contributed by atoms with Gasteiger partial charge < -0.3 is 9.47 Å². The van der Waals surface area contributed by atoms with Crippen molar-refractivity contribution in [2.45, 2.75) is 90.2 Å². The topological polar surface area (TPSA) is 48.6 Å². The van der Waals surface area contributed by atoms with Crippen molar-refractivity contribution in [2.24, 2.45) is 4.99 Å². The Bertz CT molecular complexity index is 2000. The van der Waals surface area contributed by atoms with Gasteiger partial charge in [-0.15, -0.1) is 0 Å². The summed E-state index contributed by atoms with van der Waals surface area (Å²) < 4.78 is 15.8. The number of hydrogen-bond donors (Lipinski definition) is 0. The van der Waals surface area contributed by atoms with Crippen LogP contribution in [0.5, 0.6) is 11.5 Å². The molecule has 3 aromatic carbocycles. The number of aromatic nitrogens is 2. The lowest BCUT2D eigenvalue weighted by molar-refractivity contribution is 0.0278. The summed E-state index contributed by atoms with van der Waals surface area (Å²) in [6, 6.07) is 21.7. The van der Waals surface area contributed by atoms with Gasteiger partial charge in [0.25, 0.3) is 0 Å². The smallest absolute Gasteiger partial charge is 0.217 e. The Labute approximate surface area is 253 Å². The zero-order chi connectivity index (χ0) is 29.7. The van der Waals surface area contributed by atoms with Gasteiger partial charge >= 0.3 is 0 Å². The first-order valence-electron chi connectivity index (χ1n) is 15.7. The van der Waals surface area contributed by atoms with E-state index in [4.69, 9.17) is 19.5 Å². The fraction of sp³-hybridized carbons (Fsp3) is 0.368. The third kappa shape index (κ3) is 3.76. The minimum atomic E-state index is -0.263. The van der Waals surface area contributed by atoms with E-state index in [0.717, 1.165) is 58.3 Å². The van der Waals surface area contributed by atoms with Crippen LogP contribution >= 0.6 is 0 Å². The first kappa shape index (κ1) is 26.5. The lowest BCUT2D eigenvalue weighted by atomic mass is 9.74. The quantitative estimate of drug-likeness (QED) is 0.217. The average Bonchev–Trinajstić information content (AvgIpc) is 3.39. The molecule has 0 N–H and O–H groups in total. The Morgan fingerprint density at radius 1 is 0.837 bits per heavy atom. The normalized spacial score (nSPS) is 23.8. The van der Waals surface area contributed by atoms with Crippen molar-refractivity contribution < 1.29 is 9.47 Å². The minimum Gasteiger partial charge on any atom is -0.469 e. The molecule has 218 valence electrons.